The molecule has 2 aromatic rings. The van der Waals surface area contributed by atoms with Gasteiger partial charge in [-0.2, -0.15) is 0 Å². The first-order chi connectivity index (χ1) is 14.0. The van der Waals surface area contributed by atoms with Crippen molar-refractivity contribution in [3.05, 3.63) is 71.3 Å². The molecule has 0 fully saturated rings. The zero-order chi connectivity index (χ0) is 21.2. The van der Waals surface area contributed by atoms with Crippen LogP contribution in [0.25, 0.3) is 6.08 Å². The van der Waals surface area contributed by atoms with Crippen LogP contribution in [-0.4, -0.2) is 49.4 Å². The molecule has 6 heteroatoms. The number of allylic oxidation sites excluding steroid dienone is 1. The number of carbonyl (C=O) groups is 3. The zero-order valence-corrected chi connectivity index (χ0v) is 16.9. The predicted molar refractivity (Wildman–Crippen MR) is 111 cm³/mol. The van der Waals surface area contributed by atoms with Crippen LogP contribution >= 0.6 is 0 Å². The van der Waals surface area contributed by atoms with Gasteiger partial charge in [-0.15, -0.1) is 0 Å². The molecule has 2 aromatic carbocycles. The monoisotopic (exact) mass is 395 g/mol. The number of esters is 1. The van der Waals surface area contributed by atoms with Crippen LogP contribution in [0.1, 0.15) is 40.1 Å². The molecule has 29 heavy (non-hydrogen) atoms. The van der Waals surface area contributed by atoms with E-state index in [1.807, 2.05) is 13.8 Å². The van der Waals surface area contributed by atoms with Crippen molar-refractivity contribution in [3.8, 4) is 5.75 Å². The summed E-state index contributed by atoms with van der Waals surface area (Å²) in [5.41, 5.74) is 1.46. The number of ether oxygens (including phenoxy) is 2. The number of nitrogens with zero attached hydrogens (tertiary/aromatic N) is 1. The van der Waals surface area contributed by atoms with Gasteiger partial charge >= 0.3 is 5.97 Å². The number of ketones is 1. The van der Waals surface area contributed by atoms with Crippen LogP contribution in [0.3, 0.4) is 0 Å². The van der Waals surface area contributed by atoms with Crippen LogP contribution in [0.15, 0.2) is 54.6 Å². The molecule has 6 nitrogen and oxygen atoms in total. The van der Waals surface area contributed by atoms with Crippen molar-refractivity contribution in [1.82, 2.24) is 4.90 Å². The molecule has 0 N–H and O–H groups in total. The van der Waals surface area contributed by atoms with Gasteiger partial charge in [-0.1, -0.05) is 24.3 Å². The quantitative estimate of drug-likeness (QED) is 0.368. The first-order valence-electron chi connectivity index (χ1n) is 9.40. The highest BCUT2D eigenvalue weighted by molar-refractivity contribution is 6.07. The van der Waals surface area contributed by atoms with Crippen molar-refractivity contribution in [2.45, 2.75) is 13.8 Å². The highest BCUT2D eigenvalue weighted by Gasteiger charge is 2.11. The standard InChI is InChI=1S/C23H25NO5/c1-4-24(5-2)22(26)16-29-19-13-10-18(11-14-19)21(25)15-12-17-8-6-7-9-20(17)23(27)28-3/h6-15H,4-5,16H2,1-3H3/b15-12+. The summed E-state index contributed by atoms with van der Waals surface area (Å²) in [6.45, 7) is 5.06. The maximum Gasteiger partial charge on any atom is 0.338 e. The van der Waals surface area contributed by atoms with Gasteiger partial charge in [0.2, 0.25) is 0 Å². The maximum absolute atomic E-state index is 12.4. The minimum absolute atomic E-state index is 0.0425. The van der Waals surface area contributed by atoms with Crippen molar-refractivity contribution in [1.29, 1.82) is 0 Å². The van der Waals surface area contributed by atoms with E-state index in [1.54, 1.807) is 59.5 Å². The number of hydrogen-bond acceptors (Lipinski definition) is 5. The molecule has 0 saturated carbocycles. The summed E-state index contributed by atoms with van der Waals surface area (Å²) < 4.78 is 10.3. The summed E-state index contributed by atoms with van der Waals surface area (Å²) in [4.78, 5) is 37.9. The minimum Gasteiger partial charge on any atom is -0.484 e. The molecule has 0 heterocycles. The average Bonchev–Trinajstić information content (AvgIpc) is 2.76. The lowest BCUT2D eigenvalue weighted by Gasteiger charge is -2.18. The lowest BCUT2D eigenvalue weighted by molar-refractivity contribution is -0.132. The van der Waals surface area contributed by atoms with Gasteiger partial charge in [-0.25, -0.2) is 4.79 Å². The maximum atomic E-state index is 12.4. The molecule has 0 atom stereocenters. The molecule has 152 valence electrons. The third-order valence-corrected chi connectivity index (χ3v) is 4.40. The Hall–Kier alpha value is -3.41. The highest BCUT2D eigenvalue weighted by Crippen LogP contribution is 2.15. The first kappa shape index (κ1) is 21.9. The minimum atomic E-state index is -0.460. The van der Waals surface area contributed by atoms with Crippen LogP contribution < -0.4 is 4.74 Å². The molecular formula is C23H25NO5. The predicted octanol–water partition coefficient (Wildman–Crippen LogP) is 3.62. The van der Waals surface area contributed by atoms with E-state index in [2.05, 4.69) is 0 Å². The second kappa shape index (κ2) is 10.8. The van der Waals surface area contributed by atoms with E-state index in [4.69, 9.17) is 9.47 Å². The fourth-order valence-electron chi connectivity index (χ4n) is 2.73. The van der Waals surface area contributed by atoms with E-state index in [-0.39, 0.29) is 18.3 Å². The van der Waals surface area contributed by atoms with Crippen molar-refractivity contribution < 1.29 is 23.9 Å². The van der Waals surface area contributed by atoms with Gasteiger partial charge in [0.1, 0.15) is 5.75 Å². The summed E-state index contributed by atoms with van der Waals surface area (Å²) in [5.74, 6) is -0.238. The Morgan fingerprint density at radius 3 is 2.24 bits per heavy atom. The summed E-state index contributed by atoms with van der Waals surface area (Å²) in [5, 5.41) is 0. The van der Waals surface area contributed by atoms with E-state index in [0.29, 0.717) is 35.5 Å². The van der Waals surface area contributed by atoms with Crippen molar-refractivity contribution >= 4 is 23.7 Å². The van der Waals surface area contributed by atoms with Gasteiger partial charge in [0.15, 0.2) is 12.4 Å². The molecular weight excluding hydrogens is 370 g/mol. The number of benzene rings is 2. The van der Waals surface area contributed by atoms with Crippen molar-refractivity contribution in [3.63, 3.8) is 0 Å². The molecule has 0 bridgehead atoms. The van der Waals surface area contributed by atoms with E-state index >= 15 is 0 Å². The lowest BCUT2D eigenvalue weighted by atomic mass is 10.1. The molecule has 0 unspecified atom stereocenters. The zero-order valence-electron chi connectivity index (χ0n) is 16.9. The summed E-state index contributed by atoms with van der Waals surface area (Å²) >= 11 is 0. The molecule has 0 aliphatic heterocycles. The number of methoxy groups -OCH3 is 1. The second-order valence-electron chi connectivity index (χ2n) is 6.16. The molecule has 0 spiro atoms. The first-order valence-corrected chi connectivity index (χ1v) is 9.40. The molecule has 0 saturated heterocycles. The average molecular weight is 395 g/mol. The third kappa shape index (κ3) is 6.04. The number of rotatable bonds is 9. The molecule has 0 aliphatic carbocycles. The second-order valence-corrected chi connectivity index (χ2v) is 6.16. The van der Waals surface area contributed by atoms with Gasteiger partial charge in [0.25, 0.3) is 5.91 Å². The number of carbonyl (C=O) groups excluding carboxylic acids is 3. The van der Waals surface area contributed by atoms with Gasteiger partial charge in [0, 0.05) is 18.7 Å². The van der Waals surface area contributed by atoms with Crippen LogP contribution in [0.2, 0.25) is 0 Å². The van der Waals surface area contributed by atoms with Crippen molar-refractivity contribution in [2.24, 2.45) is 0 Å². The summed E-state index contributed by atoms with van der Waals surface area (Å²) in [7, 11) is 1.31. The molecule has 2 rings (SSSR count). The Bertz CT molecular complexity index is 882. The fourth-order valence-corrected chi connectivity index (χ4v) is 2.73. The van der Waals surface area contributed by atoms with Gasteiger partial charge in [-0.3, -0.25) is 9.59 Å². The van der Waals surface area contributed by atoms with E-state index in [1.165, 1.54) is 13.2 Å². The Labute approximate surface area is 170 Å². The Morgan fingerprint density at radius 1 is 0.966 bits per heavy atom. The van der Waals surface area contributed by atoms with Gasteiger partial charge < -0.3 is 14.4 Å². The van der Waals surface area contributed by atoms with Gasteiger partial charge in [0.05, 0.1) is 12.7 Å². The summed E-state index contributed by atoms with van der Waals surface area (Å²) in [6, 6.07) is 13.5. The van der Waals surface area contributed by atoms with E-state index in [0.717, 1.165) is 0 Å². The Morgan fingerprint density at radius 2 is 1.62 bits per heavy atom. The smallest absolute Gasteiger partial charge is 0.338 e. The Balaban J connectivity index is 2.02. The fraction of sp³-hybridized carbons (Fsp3) is 0.261. The Kier molecular flexibility index (Phi) is 8.15. The SMILES string of the molecule is CCN(CC)C(=O)COc1ccc(C(=O)/C=C/c2ccccc2C(=O)OC)cc1. The molecule has 0 radical (unpaired) electrons. The highest BCUT2D eigenvalue weighted by atomic mass is 16.5. The largest absolute Gasteiger partial charge is 0.484 e. The number of hydrogen-bond donors (Lipinski definition) is 0. The lowest BCUT2D eigenvalue weighted by Crippen LogP contribution is -2.34. The summed E-state index contributed by atoms with van der Waals surface area (Å²) in [6.07, 6.45) is 2.99. The van der Waals surface area contributed by atoms with Gasteiger partial charge in [-0.05, 0) is 55.8 Å². The van der Waals surface area contributed by atoms with Crippen molar-refractivity contribution in [2.75, 3.05) is 26.8 Å². The number of amides is 1. The third-order valence-electron chi connectivity index (χ3n) is 4.40. The molecule has 1 amide bonds. The topological polar surface area (TPSA) is 72.9 Å². The molecule has 0 aliphatic rings. The van der Waals surface area contributed by atoms with E-state index < -0.39 is 5.97 Å². The molecule has 0 aromatic heterocycles. The van der Waals surface area contributed by atoms with Crippen LogP contribution in [0, 0.1) is 0 Å². The normalized spacial score (nSPS) is 10.6. The van der Waals surface area contributed by atoms with Crippen LogP contribution in [0.5, 0.6) is 5.75 Å². The van der Waals surface area contributed by atoms with Crippen LogP contribution in [-0.2, 0) is 9.53 Å². The van der Waals surface area contributed by atoms with E-state index in [9.17, 15) is 14.4 Å². The number of likely N-dealkylation sites (N-methyl/N-ethyl adjacent to an activating group) is 1. The van der Waals surface area contributed by atoms with Crippen LogP contribution in [0.4, 0.5) is 0 Å².